The van der Waals surface area contributed by atoms with Gasteiger partial charge >= 0.3 is 0 Å². The summed E-state index contributed by atoms with van der Waals surface area (Å²) >= 11 is 0. The molecule has 0 saturated heterocycles. The molecule has 18 rings (SSSR count). The second-order valence-electron chi connectivity index (χ2n) is 37.3. The lowest BCUT2D eigenvalue weighted by Gasteiger charge is -2.12. The molecular formula is C122H136N6+6. The number of nitrogens with zero attached hydrogens (tertiary/aromatic N) is 6. The minimum Gasteiger partial charge on any atom is -0.200 e. The molecule has 0 radical (unpaired) electrons. The summed E-state index contributed by atoms with van der Waals surface area (Å²) in [6, 6.07) is 90.5. The highest BCUT2D eigenvalue weighted by Crippen LogP contribution is 2.39. The number of hydrogen-bond donors (Lipinski definition) is 0. The second kappa shape index (κ2) is 40.0. The first-order valence-corrected chi connectivity index (χ1v) is 45.7. The maximum Gasteiger partial charge on any atom is 0.220 e. The number of hydrogen-bond acceptors (Lipinski definition) is 0. The van der Waals surface area contributed by atoms with Gasteiger partial charge in [-0.25, -0.2) is 27.4 Å². The molecule has 6 heteroatoms. The van der Waals surface area contributed by atoms with E-state index in [1.807, 2.05) is 13.8 Å². The van der Waals surface area contributed by atoms with Crippen LogP contribution in [0.15, 0.2) is 286 Å². The van der Waals surface area contributed by atoms with Crippen molar-refractivity contribution in [3.63, 3.8) is 0 Å². The van der Waals surface area contributed by atoms with E-state index in [0.717, 1.165) is 12.0 Å². The number of aromatic nitrogens is 6. The number of pyridine rings is 6. The molecule has 0 saturated carbocycles. The van der Waals surface area contributed by atoms with Gasteiger partial charge in [-0.2, -0.15) is 0 Å². The summed E-state index contributed by atoms with van der Waals surface area (Å²) in [5.74, 6) is 0.658. The molecular weight excluding hydrogens is 1550 g/mol. The molecule has 0 aliphatic heterocycles. The fourth-order valence-corrected chi connectivity index (χ4v) is 18.7. The highest BCUT2D eigenvalue weighted by atomic mass is 14.9. The highest BCUT2D eigenvalue weighted by Gasteiger charge is 2.26. The van der Waals surface area contributed by atoms with Crippen LogP contribution in [0.5, 0.6) is 0 Å². The smallest absolute Gasteiger partial charge is 0.200 e. The molecule has 18 aromatic rings. The fraction of sp³-hybridized carbons (Fsp3) is 0.262. The summed E-state index contributed by atoms with van der Waals surface area (Å²) < 4.78 is 21.7. The molecule has 128 heavy (non-hydrogen) atoms. The molecule has 0 atom stereocenters. The fourth-order valence-electron chi connectivity index (χ4n) is 18.7. The van der Waals surface area contributed by atoms with E-state index in [-0.39, 0.29) is 0 Å². The second-order valence-corrected chi connectivity index (χ2v) is 37.3. The predicted molar refractivity (Wildman–Crippen MR) is 546 cm³/mol. The third-order valence-electron chi connectivity index (χ3n) is 26.3. The van der Waals surface area contributed by atoms with Crippen molar-refractivity contribution in [2.75, 3.05) is 0 Å². The molecule has 0 aliphatic carbocycles. The van der Waals surface area contributed by atoms with Gasteiger partial charge in [-0.05, 0) is 318 Å². The summed E-state index contributed by atoms with van der Waals surface area (Å²) in [6.07, 6.45) is 14.0. The molecule has 6 aromatic heterocycles. The van der Waals surface area contributed by atoms with Crippen LogP contribution in [0, 0.1) is 117 Å². The average Bonchev–Trinajstić information content (AvgIpc) is 0.784. The molecule has 0 aliphatic rings. The van der Waals surface area contributed by atoms with Crippen LogP contribution >= 0.6 is 0 Å². The SMILES string of the molecule is Cc1cc(C)c(C)c(-c2c3ccc(C(C)C)cc3cc[n+]2C)c1.Cc1cc(C)c(C)c(-c2c3ccc(CC(C)C)cc3cc[n+]2C)c1.Cc1cc(C)c(C)c(-c2c3ccccc3cc[n+]2C)c1.Cc1cc(C)c(C)c(-c2c3ccccc3cc[n+]2C)c1.Cc1ccccc1-c1c2ccccc2cc[n+]1C.[2H]C(C)(C)c1ccc2c(-c3cc(C)cc(C)c3C)[n+](C)ccc2c1. The normalized spacial score (nSPS) is 11.4. The van der Waals surface area contributed by atoms with Crippen molar-refractivity contribution in [3.8, 4) is 67.5 Å². The molecule has 0 bridgehead atoms. The molecule has 0 N–H and O–H groups in total. The van der Waals surface area contributed by atoms with Gasteiger partial charge in [-0.3, -0.25) is 0 Å². The monoisotopic (exact) mass is 1690 g/mol. The van der Waals surface area contributed by atoms with E-state index in [0.29, 0.717) is 11.8 Å². The topological polar surface area (TPSA) is 23.3 Å². The van der Waals surface area contributed by atoms with E-state index in [9.17, 15) is 0 Å². The minimum atomic E-state index is -0.581. The van der Waals surface area contributed by atoms with Crippen LogP contribution in [-0.2, 0) is 48.7 Å². The Bertz CT molecular complexity index is 7130. The van der Waals surface area contributed by atoms with E-state index in [4.69, 9.17) is 1.37 Å². The number of benzene rings is 12. The zero-order valence-corrected chi connectivity index (χ0v) is 81.7. The Kier molecular flexibility index (Phi) is 28.5. The Labute approximate surface area is 766 Å². The lowest BCUT2D eigenvalue weighted by molar-refractivity contribution is -0.659. The quantitative estimate of drug-likeness (QED) is 0.122. The number of fused-ring (bicyclic) bond motifs is 6. The van der Waals surface area contributed by atoms with Gasteiger partial charge in [-0.1, -0.05) is 209 Å². The molecule has 0 spiro atoms. The van der Waals surface area contributed by atoms with Crippen molar-refractivity contribution in [1.82, 2.24) is 0 Å². The average molecular weight is 1690 g/mol. The van der Waals surface area contributed by atoms with E-state index in [1.165, 1.54) is 232 Å². The van der Waals surface area contributed by atoms with Gasteiger partial charge in [0.2, 0.25) is 34.2 Å². The first-order valence-electron chi connectivity index (χ1n) is 46.2. The van der Waals surface area contributed by atoms with Crippen LogP contribution in [0.1, 0.15) is 160 Å². The molecule has 648 valence electrons. The molecule has 6 nitrogen and oxygen atoms in total. The van der Waals surface area contributed by atoms with Gasteiger partial charge in [0, 0.05) is 43.3 Å². The standard InChI is InChI=1S/C23H28N.2C22H26N.2C19H20N.C17H16N/c1-15(2)11-19-7-8-21-20(14-19)9-10-24(6)23(21)22-13-16(3)12-17(4)18(22)5;2*1-14(2)18-7-8-20-19(13-18)9-10-23(6)22(20)21-12-15(3)11-16(4)17(21)5;2*1-13-11-14(2)15(3)18(12-13)19-17-8-6-5-7-16(17)9-10-20(19)4;1-13-7-3-5-9-15(13)17-16-10-6-4-8-14(16)11-12-18(17)2/h7-10,12-15H,11H2,1-6H3;2*7-14H,1-6H3;2*5-12H,1-4H3;3-12H,1-2H3/q6*+1/i;14D;;;;. The Morgan fingerprint density at radius 2 is 0.477 bits per heavy atom. The van der Waals surface area contributed by atoms with Crippen molar-refractivity contribution < 1.29 is 28.8 Å². The molecule has 0 fully saturated rings. The van der Waals surface area contributed by atoms with Crippen LogP contribution < -0.4 is 27.4 Å². The third-order valence-corrected chi connectivity index (χ3v) is 26.3. The summed E-state index contributed by atoms with van der Waals surface area (Å²) in [5, 5.41) is 15.5. The summed E-state index contributed by atoms with van der Waals surface area (Å²) in [5.41, 5.74) is 41.0. The van der Waals surface area contributed by atoms with Gasteiger partial charge in [0.15, 0.2) is 37.2 Å². The minimum absolute atomic E-state index is 0.555. The zero-order chi connectivity index (χ0) is 92.9. The predicted octanol–water partition coefficient (Wildman–Crippen LogP) is 28.4. The van der Waals surface area contributed by atoms with Gasteiger partial charge in [0.1, 0.15) is 42.3 Å². The van der Waals surface area contributed by atoms with Crippen LogP contribution in [0.2, 0.25) is 0 Å². The summed E-state index contributed by atoms with van der Waals surface area (Å²) in [7, 11) is 12.7. The highest BCUT2D eigenvalue weighted by molar-refractivity contribution is 5.99. The zero-order valence-electron chi connectivity index (χ0n) is 82.7. The molecule has 12 aromatic carbocycles. The van der Waals surface area contributed by atoms with Gasteiger partial charge in [0.05, 0.1) is 60.1 Å². The molecule has 0 amide bonds. The van der Waals surface area contributed by atoms with Crippen LogP contribution in [0.25, 0.3) is 132 Å². The number of rotatable bonds is 10. The van der Waals surface area contributed by atoms with E-state index in [2.05, 4.69) is 494 Å². The largest absolute Gasteiger partial charge is 0.220 e. The first kappa shape index (κ1) is 91.3. The Morgan fingerprint density at radius 3 is 0.773 bits per heavy atom. The van der Waals surface area contributed by atoms with E-state index >= 15 is 0 Å². The van der Waals surface area contributed by atoms with Crippen LogP contribution in [-0.4, -0.2) is 0 Å². The Balaban J connectivity index is 0.000000132. The Morgan fingerprint density at radius 1 is 0.227 bits per heavy atom. The maximum atomic E-state index is 8.29. The van der Waals surface area contributed by atoms with Crippen molar-refractivity contribution in [2.24, 2.45) is 48.2 Å². The third kappa shape index (κ3) is 20.4. The Hall–Kier alpha value is -12.9. The van der Waals surface area contributed by atoms with Gasteiger partial charge in [0.25, 0.3) is 0 Å². The van der Waals surface area contributed by atoms with E-state index < -0.39 is 5.89 Å². The van der Waals surface area contributed by atoms with Crippen LogP contribution in [0.3, 0.4) is 0 Å². The van der Waals surface area contributed by atoms with Crippen molar-refractivity contribution in [2.45, 2.75) is 171 Å². The number of aryl methyl sites for hydroxylation is 17. The van der Waals surface area contributed by atoms with Gasteiger partial charge < -0.3 is 0 Å². The van der Waals surface area contributed by atoms with Crippen LogP contribution in [0.4, 0.5) is 0 Å². The van der Waals surface area contributed by atoms with Crippen molar-refractivity contribution in [3.05, 3.63) is 392 Å². The van der Waals surface area contributed by atoms with E-state index in [1.54, 1.807) is 0 Å². The lowest BCUT2D eigenvalue weighted by Crippen LogP contribution is -2.30. The maximum absolute atomic E-state index is 8.29. The van der Waals surface area contributed by atoms with Crippen molar-refractivity contribution >= 4 is 64.6 Å². The lowest BCUT2D eigenvalue weighted by atomic mass is 9.93. The molecule has 0 unspecified atom stereocenters. The summed E-state index contributed by atoms with van der Waals surface area (Å²) in [4.78, 5) is 0. The first-order chi connectivity index (χ1) is 61.3. The summed E-state index contributed by atoms with van der Waals surface area (Å²) in [6.45, 7) is 48.0. The van der Waals surface area contributed by atoms with Crippen molar-refractivity contribution in [1.29, 1.82) is 0 Å². The molecule has 6 heterocycles. The van der Waals surface area contributed by atoms with Gasteiger partial charge in [-0.15, -0.1) is 0 Å².